The molecule has 0 spiro atoms. The molecule has 0 heterocycles. The number of hydrogen-bond acceptors (Lipinski definition) is 4. The van der Waals surface area contributed by atoms with E-state index in [1.807, 2.05) is 0 Å². The number of benzene rings is 1. The minimum absolute atomic E-state index is 0.0719. The highest BCUT2D eigenvalue weighted by Crippen LogP contribution is 2.19. The van der Waals surface area contributed by atoms with E-state index in [0.29, 0.717) is 12.4 Å². The summed E-state index contributed by atoms with van der Waals surface area (Å²) in [4.78, 5) is 11.1. The van der Waals surface area contributed by atoms with Crippen molar-refractivity contribution in [3.05, 3.63) is 29.8 Å². The minimum atomic E-state index is -2.74. The Bertz CT molecular complexity index is 362. The van der Waals surface area contributed by atoms with Gasteiger partial charge in [0.15, 0.2) is 0 Å². The molecule has 4 nitrogen and oxygen atoms in total. The molecular formula is C9H9O4S-. The van der Waals surface area contributed by atoms with Gasteiger partial charge in [-0.05, 0) is 19.1 Å². The van der Waals surface area contributed by atoms with Crippen LogP contribution in [0.25, 0.3) is 0 Å². The van der Waals surface area contributed by atoms with E-state index >= 15 is 0 Å². The van der Waals surface area contributed by atoms with Crippen LogP contribution in [0, 0.1) is 0 Å². The van der Waals surface area contributed by atoms with Crippen molar-refractivity contribution in [2.45, 2.75) is 6.92 Å². The zero-order valence-electron chi connectivity index (χ0n) is 7.56. The first-order chi connectivity index (χ1) is 6.66. The van der Waals surface area contributed by atoms with Crippen molar-refractivity contribution in [3.63, 3.8) is 0 Å². The van der Waals surface area contributed by atoms with Gasteiger partial charge in [0.25, 0.3) is 0 Å². The lowest BCUT2D eigenvalue weighted by Crippen LogP contribution is -2.09. The van der Waals surface area contributed by atoms with Crippen LogP contribution in [0.15, 0.2) is 24.3 Å². The molecule has 0 radical (unpaired) electrons. The van der Waals surface area contributed by atoms with E-state index in [0.717, 1.165) is 0 Å². The normalized spacial score (nSPS) is 12.1. The summed E-state index contributed by atoms with van der Waals surface area (Å²) in [5, 5.41) is -0.950. The van der Waals surface area contributed by atoms with Crippen LogP contribution >= 0.6 is 0 Å². The molecule has 0 bridgehead atoms. The topological polar surface area (TPSA) is 66.4 Å². The van der Waals surface area contributed by atoms with E-state index in [1.165, 1.54) is 6.07 Å². The molecule has 0 saturated carbocycles. The first kappa shape index (κ1) is 10.9. The van der Waals surface area contributed by atoms with E-state index in [9.17, 15) is 13.6 Å². The Labute approximate surface area is 84.2 Å². The Morgan fingerprint density at radius 2 is 2.14 bits per heavy atom. The summed E-state index contributed by atoms with van der Waals surface area (Å²) >= 11 is -2.74. The molecular weight excluding hydrogens is 204 g/mol. The van der Waals surface area contributed by atoms with Crippen molar-refractivity contribution in [2.24, 2.45) is 0 Å². The highest BCUT2D eigenvalue weighted by atomic mass is 32.2. The molecule has 14 heavy (non-hydrogen) atoms. The van der Waals surface area contributed by atoms with Crippen molar-refractivity contribution in [2.75, 3.05) is 6.61 Å². The van der Waals surface area contributed by atoms with Gasteiger partial charge in [-0.2, -0.15) is 0 Å². The molecule has 1 rings (SSSR count). The molecule has 0 fully saturated rings. The number of carbonyl (C=O) groups excluding carboxylic acids is 1. The van der Waals surface area contributed by atoms with E-state index in [1.54, 1.807) is 25.1 Å². The van der Waals surface area contributed by atoms with Crippen molar-refractivity contribution in [1.82, 2.24) is 0 Å². The van der Waals surface area contributed by atoms with Gasteiger partial charge in [-0.1, -0.05) is 12.1 Å². The maximum absolute atomic E-state index is 11.1. The fraction of sp³-hybridized carbons (Fsp3) is 0.222. The van der Waals surface area contributed by atoms with Crippen molar-refractivity contribution in [1.29, 1.82) is 0 Å². The maximum Gasteiger partial charge on any atom is 0.239 e. The zero-order chi connectivity index (χ0) is 10.6. The van der Waals surface area contributed by atoms with Crippen molar-refractivity contribution >= 4 is 16.2 Å². The van der Waals surface area contributed by atoms with Crippen LogP contribution in [0.2, 0.25) is 0 Å². The minimum Gasteiger partial charge on any atom is -0.766 e. The van der Waals surface area contributed by atoms with Crippen LogP contribution in [0.5, 0.6) is 5.75 Å². The summed E-state index contributed by atoms with van der Waals surface area (Å²) in [7, 11) is 0. The number of hydrogen-bond donors (Lipinski definition) is 0. The second-order valence-corrected chi connectivity index (χ2v) is 3.29. The molecule has 5 heteroatoms. The molecule has 1 atom stereocenters. The van der Waals surface area contributed by atoms with Gasteiger partial charge in [0, 0.05) is 11.1 Å². The van der Waals surface area contributed by atoms with E-state index in [2.05, 4.69) is 0 Å². The zero-order valence-corrected chi connectivity index (χ0v) is 8.37. The monoisotopic (exact) mass is 213 g/mol. The van der Waals surface area contributed by atoms with Gasteiger partial charge >= 0.3 is 0 Å². The van der Waals surface area contributed by atoms with Gasteiger partial charge < -0.3 is 9.29 Å². The number of rotatable bonds is 3. The highest BCUT2D eigenvalue weighted by molar-refractivity contribution is 7.95. The molecule has 1 aromatic carbocycles. The molecule has 76 valence electrons. The molecule has 1 unspecified atom stereocenters. The number of carbonyl (C=O) groups is 1. The van der Waals surface area contributed by atoms with Crippen molar-refractivity contribution in [3.8, 4) is 5.75 Å². The molecule has 0 saturated heterocycles. The molecule has 1 aromatic rings. The first-order valence-corrected chi connectivity index (χ1v) is 5.09. The summed E-state index contributed by atoms with van der Waals surface area (Å²) in [6.45, 7) is 2.14. The average Bonchev–Trinajstić information content (AvgIpc) is 2.18. The fourth-order valence-corrected chi connectivity index (χ4v) is 1.35. The maximum atomic E-state index is 11.1. The molecule has 0 N–H and O–H groups in total. The summed E-state index contributed by atoms with van der Waals surface area (Å²) in [5.74, 6) is 0.296. The molecule has 0 aromatic heterocycles. The molecule has 0 aliphatic rings. The van der Waals surface area contributed by atoms with Gasteiger partial charge in [0.05, 0.1) is 12.2 Å². The lowest BCUT2D eigenvalue weighted by atomic mass is 10.2. The smallest absolute Gasteiger partial charge is 0.239 e. The van der Waals surface area contributed by atoms with Crippen LogP contribution < -0.4 is 4.74 Å². The summed E-state index contributed by atoms with van der Waals surface area (Å²) < 4.78 is 26.0. The lowest BCUT2D eigenvalue weighted by molar-refractivity contribution is 0.107. The van der Waals surface area contributed by atoms with Crippen LogP contribution in [-0.4, -0.2) is 20.5 Å². The van der Waals surface area contributed by atoms with E-state index in [-0.39, 0.29) is 5.56 Å². The molecule has 0 amide bonds. The molecule has 0 aliphatic carbocycles. The van der Waals surface area contributed by atoms with Gasteiger partial charge in [-0.3, -0.25) is 9.00 Å². The largest absolute Gasteiger partial charge is 0.766 e. The fourth-order valence-electron chi connectivity index (χ4n) is 1.01. The van der Waals surface area contributed by atoms with Gasteiger partial charge in [-0.25, -0.2) is 0 Å². The number of para-hydroxylation sites is 1. The highest BCUT2D eigenvalue weighted by Gasteiger charge is 2.11. The van der Waals surface area contributed by atoms with Crippen LogP contribution in [0.3, 0.4) is 0 Å². The van der Waals surface area contributed by atoms with Crippen LogP contribution in [0.4, 0.5) is 0 Å². The third-order valence-electron chi connectivity index (χ3n) is 1.56. The Kier molecular flexibility index (Phi) is 3.79. The SMILES string of the molecule is CCOc1ccccc1C(=O)S(=O)[O-]. The average molecular weight is 213 g/mol. The van der Waals surface area contributed by atoms with Crippen molar-refractivity contribution < 1.29 is 18.3 Å². The summed E-state index contributed by atoms with van der Waals surface area (Å²) in [6, 6.07) is 6.24. The van der Waals surface area contributed by atoms with Crippen LogP contribution in [0.1, 0.15) is 17.3 Å². The number of ether oxygens (including phenoxy) is 1. The second kappa shape index (κ2) is 4.88. The van der Waals surface area contributed by atoms with E-state index in [4.69, 9.17) is 4.74 Å². The standard InChI is InChI=1S/C9H10O4S/c1-2-13-8-6-4-3-5-7(8)9(10)14(11)12/h3-6H,2H2,1H3,(H,11,12)/p-1. The third-order valence-corrected chi connectivity index (χ3v) is 2.08. The Morgan fingerprint density at radius 1 is 1.50 bits per heavy atom. The Hall–Kier alpha value is -1.20. The second-order valence-electron chi connectivity index (χ2n) is 2.45. The predicted octanol–water partition coefficient (Wildman–Crippen LogP) is 1.10. The Morgan fingerprint density at radius 3 is 2.71 bits per heavy atom. The van der Waals surface area contributed by atoms with Gasteiger partial charge in [-0.15, -0.1) is 0 Å². The van der Waals surface area contributed by atoms with Crippen LogP contribution in [-0.2, 0) is 11.1 Å². The summed E-state index contributed by atoms with van der Waals surface area (Å²) in [5.41, 5.74) is 0.0719. The van der Waals surface area contributed by atoms with E-state index < -0.39 is 16.2 Å². The quantitative estimate of drug-likeness (QED) is 0.705. The predicted molar refractivity (Wildman–Crippen MR) is 50.9 cm³/mol. The lowest BCUT2D eigenvalue weighted by Gasteiger charge is -2.09. The Balaban J connectivity index is 3.06. The van der Waals surface area contributed by atoms with Gasteiger partial charge in [0.1, 0.15) is 5.75 Å². The third kappa shape index (κ3) is 2.40. The van der Waals surface area contributed by atoms with Gasteiger partial charge in [0.2, 0.25) is 5.12 Å². The first-order valence-electron chi connectivity index (χ1n) is 4.02. The summed E-state index contributed by atoms with van der Waals surface area (Å²) in [6.07, 6.45) is 0. The molecule has 0 aliphatic heterocycles.